The Morgan fingerprint density at radius 2 is 2.30 bits per heavy atom. The molecule has 118 valence electrons. The Morgan fingerprint density at radius 1 is 1.48 bits per heavy atom. The summed E-state index contributed by atoms with van der Waals surface area (Å²) in [4.78, 5) is 11.8. The fraction of sp³-hybridized carbons (Fsp3) is 0.188. The van der Waals surface area contributed by atoms with Gasteiger partial charge in [0.05, 0.1) is 17.0 Å². The van der Waals surface area contributed by atoms with Gasteiger partial charge in [-0.25, -0.2) is 0 Å². The van der Waals surface area contributed by atoms with Crippen molar-refractivity contribution in [1.29, 1.82) is 5.26 Å². The molecule has 0 saturated carbocycles. The Balaban J connectivity index is 2.32. The zero-order valence-corrected chi connectivity index (χ0v) is 13.0. The molecule has 0 amide bonds. The molecule has 2 rings (SSSR count). The van der Waals surface area contributed by atoms with Gasteiger partial charge in [-0.3, -0.25) is 10.1 Å². The van der Waals surface area contributed by atoms with Crippen molar-refractivity contribution in [3.8, 4) is 6.07 Å². The van der Waals surface area contributed by atoms with Crippen molar-refractivity contribution in [1.82, 2.24) is 0 Å². The van der Waals surface area contributed by atoms with Crippen LogP contribution in [0.1, 0.15) is 22.9 Å². The molecule has 1 atom stereocenters. The first-order valence-electron chi connectivity index (χ1n) is 6.91. The van der Waals surface area contributed by atoms with Gasteiger partial charge < -0.3 is 10.4 Å². The van der Waals surface area contributed by atoms with Crippen LogP contribution in [0.3, 0.4) is 0 Å². The van der Waals surface area contributed by atoms with Crippen LogP contribution in [0, 0.1) is 21.4 Å². The number of allylic oxidation sites excluding steroid dienone is 1. The average molecular weight is 329 g/mol. The number of nitriles is 1. The number of thiophene rings is 1. The van der Waals surface area contributed by atoms with Crippen molar-refractivity contribution >= 4 is 28.8 Å². The second-order valence-corrected chi connectivity index (χ2v) is 5.70. The van der Waals surface area contributed by atoms with E-state index in [-0.39, 0.29) is 18.3 Å². The molecule has 1 aromatic heterocycles. The van der Waals surface area contributed by atoms with Gasteiger partial charge in [0.2, 0.25) is 0 Å². The number of rotatable bonds is 7. The van der Waals surface area contributed by atoms with Crippen molar-refractivity contribution in [2.45, 2.75) is 12.5 Å². The minimum absolute atomic E-state index is 0.0215. The monoisotopic (exact) mass is 329 g/mol. The standard InChI is InChI=1S/C16H15N3O3S/c17-8-1-3-12-5-6-13(15(11-12)19(21)22)18-14(7-9-20)16-4-2-10-23-16/h1-6,10-11,14,18,20H,7,9H2/b3-1-/t14-/m1/s1. The van der Waals surface area contributed by atoms with Crippen LogP contribution in [-0.4, -0.2) is 16.6 Å². The SMILES string of the molecule is N#C/C=C\c1ccc(N[C@H](CCO)c2cccs2)c([N+](=O)[O-])c1. The first kappa shape index (κ1) is 16.7. The highest BCUT2D eigenvalue weighted by Crippen LogP contribution is 2.32. The van der Waals surface area contributed by atoms with Crippen LogP contribution in [0.2, 0.25) is 0 Å². The molecule has 2 N–H and O–H groups in total. The zero-order chi connectivity index (χ0) is 16.7. The average Bonchev–Trinajstić information content (AvgIpc) is 3.07. The molecule has 0 saturated heterocycles. The highest BCUT2D eigenvalue weighted by atomic mass is 32.1. The Kier molecular flexibility index (Phi) is 5.86. The van der Waals surface area contributed by atoms with Crippen LogP contribution in [-0.2, 0) is 0 Å². The molecule has 0 aliphatic rings. The van der Waals surface area contributed by atoms with E-state index in [1.165, 1.54) is 29.6 Å². The van der Waals surface area contributed by atoms with Crippen molar-refractivity contribution in [3.63, 3.8) is 0 Å². The summed E-state index contributed by atoms with van der Waals surface area (Å²) in [6, 6.07) is 10.2. The van der Waals surface area contributed by atoms with Gasteiger partial charge in [-0.2, -0.15) is 5.26 Å². The molecule has 0 aliphatic heterocycles. The van der Waals surface area contributed by atoms with Crippen molar-refractivity contribution < 1.29 is 10.0 Å². The van der Waals surface area contributed by atoms with E-state index in [1.54, 1.807) is 12.1 Å². The molecule has 0 spiro atoms. The second-order valence-electron chi connectivity index (χ2n) is 4.72. The van der Waals surface area contributed by atoms with E-state index < -0.39 is 4.92 Å². The highest BCUT2D eigenvalue weighted by molar-refractivity contribution is 7.10. The number of anilines is 1. The number of nitrogens with zero attached hydrogens (tertiary/aromatic N) is 2. The molecule has 0 aliphatic carbocycles. The van der Waals surface area contributed by atoms with E-state index >= 15 is 0 Å². The molecule has 0 radical (unpaired) electrons. The summed E-state index contributed by atoms with van der Waals surface area (Å²) in [5, 5.41) is 34.1. The molecule has 23 heavy (non-hydrogen) atoms. The van der Waals surface area contributed by atoms with Gasteiger partial charge >= 0.3 is 0 Å². The number of nitro groups is 1. The maximum Gasteiger partial charge on any atom is 0.292 e. The van der Waals surface area contributed by atoms with Crippen LogP contribution in [0.5, 0.6) is 0 Å². The predicted molar refractivity (Wildman–Crippen MR) is 90.1 cm³/mol. The minimum atomic E-state index is -0.462. The third kappa shape index (κ3) is 4.39. The molecule has 7 heteroatoms. The fourth-order valence-corrected chi connectivity index (χ4v) is 2.96. The van der Waals surface area contributed by atoms with E-state index in [0.29, 0.717) is 17.7 Å². The lowest BCUT2D eigenvalue weighted by Gasteiger charge is -2.18. The molecular formula is C16H15N3O3S. The summed E-state index contributed by atoms with van der Waals surface area (Å²) in [7, 11) is 0. The summed E-state index contributed by atoms with van der Waals surface area (Å²) in [5.41, 5.74) is 0.902. The number of benzene rings is 1. The molecule has 0 fully saturated rings. The van der Waals surface area contributed by atoms with Gasteiger partial charge in [0, 0.05) is 23.6 Å². The molecular weight excluding hydrogens is 314 g/mol. The van der Waals surface area contributed by atoms with Crippen molar-refractivity contribution in [2.75, 3.05) is 11.9 Å². The lowest BCUT2D eigenvalue weighted by molar-refractivity contribution is -0.384. The normalized spacial score (nSPS) is 12.0. The molecule has 6 nitrogen and oxygen atoms in total. The van der Waals surface area contributed by atoms with Gasteiger partial charge in [-0.1, -0.05) is 12.1 Å². The molecule has 0 unspecified atom stereocenters. The van der Waals surface area contributed by atoms with Crippen LogP contribution in [0.4, 0.5) is 11.4 Å². The van der Waals surface area contributed by atoms with Gasteiger partial charge in [-0.15, -0.1) is 11.3 Å². The number of nitro benzene ring substituents is 1. The molecule has 1 aromatic carbocycles. The van der Waals surface area contributed by atoms with E-state index in [9.17, 15) is 15.2 Å². The molecule has 1 heterocycles. The first-order chi connectivity index (χ1) is 11.2. The predicted octanol–water partition coefficient (Wildman–Crippen LogP) is 3.73. The fourth-order valence-electron chi connectivity index (χ4n) is 2.15. The van der Waals surface area contributed by atoms with Crippen molar-refractivity contribution in [2.24, 2.45) is 0 Å². The van der Waals surface area contributed by atoms with E-state index in [2.05, 4.69) is 5.32 Å². The Morgan fingerprint density at radius 3 is 2.91 bits per heavy atom. The Labute approximate surface area is 137 Å². The summed E-state index contributed by atoms with van der Waals surface area (Å²) < 4.78 is 0. The van der Waals surface area contributed by atoms with E-state index in [1.807, 2.05) is 23.6 Å². The number of aliphatic hydroxyl groups excluding tert-OH is 1. The lowest BCUT2D eigenvalue weighted by atomic mass is 10.1. The van der Waals surface area contributed by atoms with Crippen LogP contribution in [0.15, 0.2) is 41.8 Å². The summed E-state index contributed by atoms with van der Waals surface area (Å²) in [6.45, 7) is -0.0215. The van der Waals surface area contributed by atoms with E-state index in [4.69, 9.17) is 5.26 Å². The van der Waals surface area contributed by atoms with Gasteiger partial charge in [0.15, 0.2) is 0 Å². The summed E-state index contributed by atoms with van der Waals surface area (Å²) in [6.07, 6.45) is 3.24. The number of hydrogen-bond donors (Lipinski definition) is 2. The maximum absolute atomic E-state index is 11.3. The highest BCUT2D eigenvalue weighted by Gasteiger charge is 2.19. The smallest absolute Gasteiger partial charge is 0.292 e. The Hall–Kier alpha value is -2.69. The first-order valence-corrected chi connectivity index (χ1v) is 7.79. The number of hydrogen-bond acceptors (Lipinski definition) is 6. The van der Waals surface area contributed by atoms with Gasteiger partial charge in [0.1, 0.15) is 5.69 Å². The van der Waals surface area contributed by atoms with Crippen molar-refractivity contribution in [3.05, 3.63) is 62.3 Å². The van der Waals surface area contributed by atoms with Crippen LogP contribution < -0.4 is 5.32 Å². The second kappa shape index (κ2) is 8.08. The van der Waals surface area contributed by atoms with Crippen LogP contribution >= 0.6 is 11.3 Å². The van der Waals surface area contributed by atoms with Gasteiger partial charge in [0.25, 0.3) is 5.69 Å². The van der Waals surface area contributed by atoms with E-state index in [0.717, 1.165) is 4.88 Å². The van der Waals surface area contributed by atoms with Crippen LogP contribution in [0.25, 0.3) is 6.08 Å². The molecule has 2 aromatic rings. The zero-order valence-electron chi connectivity index (χ0n) is 12.2. The topological polar surface area (TPSA) is 99.2 Å². The minimum Gasteiger partial charge on any atom is -0.396 e. The number of aliphatic hydroxyl groups is 1. The quantitative estimate of drug-likeness (QED) is 0.458. The Bertz CT molecular complexity index is 736. The van der Waals surface area contributed by atoms with Gasteiger partial charge in [-0.05, 0) is 35.6 Å². The summed E-state index contributed by atoms with van der Waals surface area (Å²) >= 11 is 1.53. The third-order valence-corrected chi connectivity index (χ3v) is 4.19. The third-order valence-electron chi connectivity index (χ3n) is 3.20. The summed E-state index contributed by atoms with van der Waals surface area (Å²) in [5.74, 6) is 0. The maximum atomic E-state index is 11.3. The molecule has 0 bridgehead atoms. The number of nitrogens with one attached hydrogen (secondary N) is 1. The largest absolute Gasteiger partial charge is 0.396 e. The lowest BCUT2D eigenvalue weighted by Crippen LogP contribution is -2.12.